The van der Waals surface area contributed by atoms with Crippen molar-refractivity contribution < 1.29 is 14.3 Å². The summed E-state index contributed by atoms with van der Waals surface area (Å²) >= 11 is 0. The lowest BCUT2D eigenvalue weighted by Gasteiger charge is -2.29. The molecule has 2 aromatic carbocycles. The summed E-state index contributed by atoms with van der Waals surface area (Å²) in [5.74, 6) is -0.0225. The summed E-state index contributed by atoms with van der Waals surface area (Å²) in [5.41, 5.74) is 3.15. The number of nitrogens with one attached hydrogen (secondary N) is 3. The Morgan fingerprint density at radius 2 is 1.58 bits per heavy atom. The number of aromatic nitrogens is 2. The van der Waals surface area contributed by atoms with Crippen LogP contribution in [0.15, 0.2) is 54.7 Å². The molecular formula is C24H26N6O3. The van der Waals surface area contributed by atoms with Crippen LogP contribution in [0.2, 0.25) is 0 Å². The van der Waals surface area contributed by atoms with Crippen LogP contribution >= 0.6 is 0 Å². The van der Waals surface area contributed by atoms with Crippen LogP contribution in [0.3, 0.4) is 0 Å². The van der Waals surface area contributed by atoms with Crippen LogP contribution in [0.4, 0.5) is 11.5 Å². The van der Waals surface area contributed by atoms with E-state index in [1.54, 1.807) is 31.3 Å². The number of anilines is 2. The van der Waals surface area contributed by atoms with E-state index in [1.165, 1.54) is 10.9 Å². The number of carbonyl (C=O) groups excluding carboxylic acids is 2. The molecule has 1 aromatic heterocycles. The van der Waals surface area contributed by atoms with Gasteiger partial charge >= 0.3 is 0 Å². The summed E-state index contributed by atoms with van der Waals surface area (Å²) in [6, 6.07) is 14.3. The van der Waals surface area contributed by atoms with Gasteiger partial charge in [-0.05, 0) is 31.2 Å². The SMILES string of the molecule is Cc1ccc(NC(=O)c2cnn(C)c2NC(=O)c2ccc(C(=N)N3CCOCC3)cc2)cc1. The molecule has 9 heteroatoms. The first kappa shape index (κ1) is 22.2. The Balaban J connectivity index is 1.45. The molecule has 3 N–H and O–H groups in total. The first-order valence-corrected chi connectivity index (χ1v) is 10.7. The van der Waals surface area contributed by atoms with Gasteiger partial charge in [0.05, 0.1) is 19.4 Å². The van der Waals surface area contributed by atoms with E-state index in [0.29, 0.717) is 49.2 Å². The van der Waals surface area contributed by atoms with Gasteiger partial charge in [-0.15, -0.1) is 0 Å². The lowest BCUT2D eigenvalue weighted by molar-refractivity contribution is 0.0680. The standard InChI is InChI=1S/C24H26N6O3/c1-16-3-9-19(10-4-16)27-24(32)20-15-26-29(2)22(20)28-23(31)18-7-5-17(6-8-18)21(25)30-11-13-33-14-12-30/h3-10,15,25H,11-14H2,1-2H3,(H,27,32)(H,28,31). The molecule has 3 aromatic rings. The number of carbonyl (C=O) groups is 2. The molecule has 2 amide bonds. The molecular weight excluding hydrogens is 420 g/mol. The zero-order chi connectivity index (χ0) is 23.4. The summed E-state index contributed by atoms with van der Waals surface area (Å²) < 4.78 is 6.78. The third kappa shape index (κ3) is 5.09. The molecule has 0 radical (unpaired) electrons. The van der Waals surface area contributed by atoms with Crippen LogP contribution in [0.25, 0.3) is 0 Å². The maximum absolute atomic E-state index is 12.9. The van der Waals surface area contributed by atoms with E-state index in [0.717, 1.165) is 11.1 Å². The van der Waals surface area contributed by atoms with Gasteiger partial charge < -0.3 is 20.3 Å². The second kappa shape index (κ2) is 9.66. The quantitative estimate of drug-likeness (QED) is 0.412. The van der Waals surface area contributed by atoms with Gasteiger partial charge in [-0.1, -0.05) is 29.8 Å². The van der Waals surface area contributed by atoms with E-state index < -0.39 is 0 Å². The summed E-state index contributed by atoms with van der Waals surface area (Å²) in [4.78, 5) is 27.6. The van der Waals surface area contributed by atoms with Crippen LogP contribution in [0, 0.1) is 12.3 Å². The number of hydrogen-bond donors (Lipinski definition) is 3. The zero-order valence-corrected chi connectivity index (χ0v) is 18.6. The molecule has 0 spiro atoms. The van der Waals surface area contributed by atoms with E-state index in [4.69, 9.17) is 10.1 Å². The lowest BCUT2D eigenvalue weighted by atomic mass is 10.1. The van der Waals surface area contributed by atoms with Crippen molar-refractivity contribution in [2.75, 3.05) is 36.9 Å². The van der Waals surface area contributed by atoms with Gasteiger partial charge in [0.15, 0.2) is 0 Å². The number of hydrogen-bond acceptors (Lipinski definition) is 5. The molecule has 0 saturated carbocycles. The molecule has 1 fully saturated rings. The highest BCUT2D eigenvalue weighted by atomic mass is 16.5. The Morgan fingerprint density at radius 3 is 2.24 bits per heavy atom. The second-order valence-corrected chi connectivity index (χ2v) is 7.83. The fourth-order valence-electron chi connectivity index (χ4n) is 3.52. The Hall–Kier alpha value is -3.98. The smallest absolute Gasteiger partial charge is 0.261 e. The van der Waals surface area contributed by atoms with Crippen molar-refractivity contribution in [1.82, 2.24) is 14.7 Å². The summed E-state index contributed by atoms with van der Waals surface area (Å²) in [6.07, 6.45) is 1.42. The van der Waals surface area contributed by atoms with Gasteiger partial charge in [0.2, 0.25) is 0 Å². The van der Waals surface area contributed by atoms with Gasteiger partial charge in [0.25, 0.3) is 11.8 Å². The molecule has 1 aliphatic rings. The van der Waals surface area contributed by atoms with Crippen molar-refractivity contribution in [3.8, 4) is 0 Å². The Kier molecular flexibility index (Phi) is 6.50. The molecule has 1 saturated heterocycles. The maximum atomic E-state index is 12.9. The van der Waals surface area contributed by atoms with Crippen molar-refractivity contribution in [3.05, 3.63) is 77.0 Å². The molecule has 0 aliphatic carbocycles. The normalized spacial score (nSPS) is 13.5. The first-order chi connectivity index (χ1) is 15.9. The molecule has 170 valence electrons. The van der Waals surface area contributed by atoms with Crippen molar-refractivity contribution in [3.63, 3.8) is 0 Å². The Morgan fingerprint density at radius 1 is 0.939 bits per heavy atom. The third-order valence-corrected chi connectivity index (χ3v) is 5.47. The van der Waals surface area contributed by atoms with Crippen LogP contribution in [0.1, 0.15) is 31.8 Å². The van der Waals surface area contributed by atoms with E-state index in [2.05, 4.69) is 15.7 Å². The number of ether oxygens (including phenoxy) is 1. The van der Waals surface area contributed by atoms with Gasteiger partial charge in [0, 0.05) is 37.0 Å². The maximum Gasteiger partial charge on any atom is 0.261 e. The molecule has 0 unspecified atom stereocenters. The van der Waals surface area contributed by atoms with E-state index >= 15 is 0 Å². The average molecular weight is 447 g/mol. The van der Waals surface area contributed by atoms with Gasteiger partial charge in [-0.2, -0.15) is 5.10 Å². The van der Waals surface area contributed by atoms with Gasteiger partial charge in [-0.3, -0.25) is 19.7 Å². The van der Waals surface area contributed by atoms with E-state index in [-0.39, 0.29) is 17.4 Å². The molecule has 1 aliphatic heterocycles. The molecule has 0 atom stereocenters. The first-order valence-electron chi connectivity index (χ1n) is 10.7. The number of amidine groups is 1. The van der Waals surface area contributed by atoms with Crippen molar-refractivity contribution >= 4 is 29.2 Å². The largest absolute Gasteiger partial charge is 0.378 e. The lowest BCUT2D eigenvalue weighted by Crippen LogP contribution is -2.40. The van der Waals surface area contributed by atoms with Crippen molar-refractivity contribution in [2.45, 2.75) is 6.92 Å². The third-order valence-electron chi connectivity index (χ3n) is 5.47. The highest BCUT2D eigenvalue weighted by molar-refractivity contribution is 6.12. The van der Waals surface area contributed by atoms with Gasteiger partial charge in [-0.25, -0.2) is 0 Å². The Labute approximate surface area is 191 Å². The van der Waals surface area contributed by atoms with Crippen molar-refractivity contribution in [1.29, 1.82) is 5.41 Å². The number of morpholine rings is 1. The fraction of sp³-hybridized carbons (Fsp3) is 0.250. The molecule has 2 heterocycles. The Bertz CT molecular complexity index is 1160. The summed E-state index contributed by atoms with van der Waals surface area (Å²) in [7, 11) is 1.66. The van der Waals surface area contributed by atoms with Crippen LogP contribution in [-0.2, 0) is 11.8 Å². The predicted octanol–water partition coefficient (Wildman–Crippen LogP) is 2.89. The van der Waals surface area contributed by atoms with Gasteiger partial charge in [0.1, 0.15) is 17.2 Å². The average Bonchev–Trinajstić information content (AvgIpc) is 3.20. The monoisotopic (exact) mass is 446 g/mol. The summed E-state index contributed by atoms with van der Waals surface area (Å²) in [6.45, 7) is 4.53. The number of benzene rings is 2. The molecule has 4 rings (SSSR count). The van der Waals surface area contributed by atoms with Crippen LogP contribution < -0.4 is 10.6 Å². The van der Waals surface area contributed by atoms with E-state index in [9.17, 15) is 9.59 Å². The molecule has 0 bridgehead atoms. The molecule has 9 nitrogen and oxygen atoms in total. The minimum Gasteiger partial charge on any atom is -0.378 e. The highest BCUT2D eigenvalue weighted by Gasteiger charge is 2.20. The topological polar surface area (TPSA) is 112 Å². The number of rotatable bonds is 5. The van der Waals surface area contributed by atoms with Crippen LogP contribution in [0.5, 0.6) is 0 Å². The molecule has 33 heavy (non-hydrogen) atoms. The predicted molar refractivity (Wildman–Crippen MR) is 126 cm³/mol. The van der Waals surface area contributed by atoms with Crippen molar-refractivity contribution in [2.24, 2.45) is 7.05 Å². The van der Waals surface area contributed by atoms with E-state index in [1.807, 2.05) is 36.1 Å². The minimum absolute atomic E-state index is 0.261. The highest BCUT2D eigenvalue weighted by Crippen LogP contribution is 2.19. The number of aryl methyl sites for hydroxylation is 2. The number of amides is 2. The van der Waals surface area contributed by atoms with Crippen LogP contribution in [-0.4, -0.2) is 58.6 Å². The minimum atomic E-state index is -0.368. The second-order valence-electron chi connectivity index (χ2n) is 7.83. The number of nitrogens with zero attached hydrogens (tertiary/aromatic N) is 3. The fourth-order valence-corrected chi connectivity index (χ4v) is 3.52. The zero-order valence-electron chi connectivity index (χ0n) is 18.6. The summed E-state index contributed by atoms with van der Waals surface area (Å²) in [5, 5.41) is 18.1.